The highest BCUT2D eigenvalue weighted by atomic mass is 35.5. The molecule has 0 atom stereocenters. The first-order chi connectivity index (χ1) is 11.5. The normalized spacial score (nSPS) is 11.7. The minimum atomic E-state index is -0.206. The summed E-state index contributed by atoms with van der Waals surface area (Å²) in [6.45, 7) is 3.87. The van der Waals surface area contributed by atoms with E-state index < -0.39 is 0 Å². The number of nitrogens with one attached hydrogen (secondary N) is 1. The second-order valence-electron chi connectivity index (χ2n) is 5.48. The molecule has 0 radical (unpaired) electrons. The number of fused-ring (bicyclic) bond motifs is 1. The van der Waals surface area contributed by atoms with Gasteiger partial charge < -0.3 is 4.57 Å². The largest absolute Gasteiger partial charge is 0.319 e. The number of aromatic nitrogens is 2. The lowest BCUT2D eigenvalue weighted by Crippen LogP contribution is -2.24. The van der Waals surface area contributed by atoms with Crippen LogP contribution in [0.1, 0.15) is 18.3 Å². The molecule has 5 nitrogen and oxygen atoms in total. The topological polar surface area (TPSA) is 59.3 Å². The van der Waals surface area contributed by atoms with Crippen LogP contribution in [0.3, 0.4) is 0 Å². The minimum absolute atomic E-state index is 0.165. The highest BCUT2D eigenvalue weighted by molar-refractivity contribution is 6.31. The highest BCUT2D eigenvalue weighted by Crippen LogP contribution is 2.15. The van der Waals surface area contributed by atoms with Gasteiger partial charge in [0.15, 0.2) is 0 Å². The predicted molar refractivity (Wildman–Crippen MR) is 96.3 cm³/mol. The first kappa shape index (κ1) is 16.2. The fourth-order valence-electron chi connectivity index (χ4n) is 2.50. The number of benzene rings is 2. The summed E-state index contributed by atoms with van der Waals surface area (Å²) in [6.07, 6.45) is 0. The molecule has 122 valence electrons. The third-order valence-electron chi connectivity index (χ3n) is 3.74. The van der Waals surface area contributed by atoms with Crippen molar-refractivity contribution in [2.75, 3.05) is 0 Å². The first-order valence-electron chi connectivity index (χ1n) is 7.55. The lowest BCUT2D eigenvalue weighted by Gasteiger charge is -2.06. The van der Waals surface area contributed by atoms with Crippen LogP contribution in [-0.4, -0.2) is 21.2 Å². The Hall–Kier alpha value is -2.66. The lowest BCUT2D eigenvalue weighted by molar-refractivity contribution is -0.121. The number of nitrogens with zero attached hydrogens (tertiary/aromatic N) is 3. The van der Waals surface area contributed by atoms with Crippen LogP contribution in [0.15, 0.2) is 53.6 Å². The fraction of sp³-hybridized carbons (Fsp3) is 0.167. The fourth-order valence-corrected chi connectivity index (χ4v) is 2.69. The van der Waals surface area contributed by atoms with Crippen molar-refractivity contribution < 1.29 is 4.79 Å². The Morgan fingerprint density at radius 3 is 2.83 bits per heavy atom. The number of hydrazone groups is 1. The van der Waals surface area contributed by atoms with E-state index in [2.05, 4.69) is 15.5 Å². The molecule has 0 saturated carbocycles. The van der Waals surface area contributed by atoms with Crippen molar-refractivity contribution in [2.45, 2.75) is 20.4 Å². The van der Waals surface area contributed by atoms with Crippen LogP contribution in [0, 0.1) is 6.92 Å². The molecule has 0 fully saturated rings. The quantitative estimate of drug-likeness (QED) is 0.583. The molecule has 6 heteroatoms. The Bertz CT molecular complexity index is 930. The van der Waals surface area contributed by atoms with E-state index in [1.54, 1.807) is 12.1 Å². The standard InChI is InChI=1S/C18H17ClN4O/c1-12(14-6-5-7-15(19)10-14)21-22-18(24)11-23-13(2)20-16-8-3-4-9-17(16)23/h3-10H,11H2,1-2H3,(H,22,24)/b21-12-. The van der Waals surface area contributed by atoms with Gasteiger partial charge in [-0.2, -0.15) is 5.10 Å². The summed E-state index contributed by atoms with van der Waals surface area (Å²) in [7, 11) is 0. The molecule has 2 aromatic carbocycles. The van der Waals surface area contributed by atoms with Gasteiger partial charge in [0.25, 0.3) is 5.91 Å². The van der Waals surface area contributed by atoms with Gasteiger partial charge in [0.05, 0.1) is 16.7 Å². The zero-order chi connectivity index (χ0) is 17.1. The van der Waals surface area contributed by atoms with E-state index in [9.17, 15) is 4.79 Å². The molecule has 3 rings (SSSR count). The summed E-state index contributed by atoms with van der Waals surface area (Å²) in [6, 6.07) is 15.1. The number of amides is 1. The van der Waals surface area contributed by atoms with Crippen molar-refractivity contribution in [3.05, 3.63) is 64.9 Å². The van der Waals surface area contributed by atoms with Gasteiger partial charge in [0.1, 0.15) is 12.4 Å². The summed E-state index contributed by atoms with van der Waals surface area (Å²) in [5, 5.41) is 4.78. The zero-order valence-electron chi connectivity index (χ0n) is 13.5. The van der Waals surface area contributed by atoms with Crippen LogP contribution in [0.25, 0.3) is 11.0 Å². The number of carbonyl (C=O) groups is 1. The number of rotatable bonds is 4. The van der Waals surface area contributed by atoms with Crippen LogP contribution in [-0.2, 0) is 11.3 Å². The van der Waals surface area contributed by atoms with Crippen molar-refractivity contribution >= 4 is 34.3 Å². The maximum absolute atomic E-state index is 12.2. The van der Waals surface area contributed by atoms with Crippen molar-refractivity contribution in [3.8, 4) is 0 Å². The average Bonchev–Trinajstić information content (AvgIpc) is 2.88. The molecule has 1 N–H and O–H groups in total. The number of aryl methyl sites for hydroxylation is 1. The van der Waals surface area contributed by atoms with E-state index in [0.29, 0.717) is 10.7 Å². The summed E-state index contributed by atoms with van der Waals surface area (Å²) < 4.78 is 1.87. The Balaban J connectivity index is 1.73. The van der Waals surface area contributed by atoms with E-state index in [1.165, 1.54) is 0 Å². The molecular weight excluding hydrogens is 324 g/mol. The van der Waals surface area contributed by atoms with Gasteiger partial charge in [-0.1, -0.05) is 35.9 Å². The van der Waals surface area contributed by atoms with Crippen LogP contribution in [0.4, 0.5) is 0 Å². The monoisotopic (exact) mass is 340 g/mol. The van der Waals surface area contributed by atoms with Crippen molar-refractivity contribution in [1.82, 2.24) is 15.0 Å². The van der Waals surface area contributed by atoms with Crippen molar-refractivity contribution in [3.63, 3.8) is 0 Å². The number of carbonyl (C=O) groups excluding carboxylic acids is 1. The first-order valence-corrected chi connectivity index (χ1v) is 7.93. The zero-order valence-corrected chi connectivity index (χ0v) is 14.2. The van der Waals surface area contributed by atoms with E-state index >= 15 is 0 Å². The number of hydrogen-bond acceptors (Lipinski definition) is 3. The van der Waals surface area contributed by atoms with Gasteiger partial charge in [-0.3, -0.25) is 4.79 Å². The minimum Gasteiger partial charge on any atom is -0.319 e. The molecule has 1 amide bonds. The summed E-state index contributed by atoms with van der Waals surface area (Å²) in [5.41, 5.74) is 5.96. The van der Waals surface area contributed by atoms with Gasteiger partial charge in [-0.15, -0.1) is 0 Å². The van der Waals surface area contributed by atoms with Crippen LogP contribution < -0.4 is 5.43 Å². The molecule has 1 aromatic heterocycles. The number of imidazole rings is 1. The smallest absolute Gasteiger partial charge is 0.260 e. The molecule has 3 aromatic rings. The maximum Gasteiger partial charge on any atom is 0.260 e. The molecule has 24 heavy (non-hydrogen) atoms. The Morgan fingerprint density at radius 2 is 2.04 bits per heavy atom. The molecule has 0 bridgehead atoms. The molecule has 0 aliphatic rings. The molecule has 0 spiro atoms. The Morgan fingerprint density at radius 1 is 1.25 bits per heavy atom. The highest BCUT2D eigenvalue weighted by Gasteiger charge is 2.10. The molecule has 1 heterocycles. The number of hydrogen-bond donors (Lipinski definition) is 1. The van der Waals surface area contributed by atoms with E-state index in [1.807, 2.05) is 54.8 Å². The van der Waals surface area contributed by atoms with Crippen molar-refractivity contribution in [2.24, 2.45) is 5.10 Å². The molecular formula is C18H17ClN4O. The SMILES string of the molecule is C/C(=N/NC(=O)Cn1c(C)nc2ccccc21)c1cccc(Cl)c1. The summed E-state index contributed by atoms with van der Waals surface area (Å²) in [4.78, 5) is 16.7. The summed E-state index contributed by atoms with van der Waals surface area (Å²) in [5.74, 6) is 0.588. The Labute approximate surface area is 145 Å². The van der Waals surface area contributed by atoms with Gasteiger partial charge in [-0.25, -0.2) is 10.4 Å². The van der Waals surface area contributed by atoms with E-state index in [-0.39, 0.29) is 12.5 Å². The second-order valence-corrected chi connectivity index (χ2v) is 5.91. The lowest BCUT2D eigenvalue weighted by atomic mass is 10.1. The van der Waals surface area contributed by atoms with Gasteiger partial charge in [0, 0.05) is 5.02 Å². The van der Waals surface area contributed by atoms with Crippen LogP contribution in [0.2, 0.25) is 5.02 Å². The number of para-hydroxylation sites is 2. The Kier molecular flexibility index (Phi) is 4.62. The maximum atomic E-state index is 12.2. The molecule has 0 saturated heterocycles. The van der Waals surface area contributed by atoms with Crippen LogP contribution in [0.5, 0.6) is 0 Å². The predicted octanol–water partition coefficient (Wildman–Crippen LogP) is 3.54. The van der Waals surface area contributed by atoms with E-state index in [4.69, 9.17) is 11.6 Å². The molecule has 0 aliphatic carbocycles. The van der Waals surface area contributed by atoms with Crippen LogP contribution >= 0.6 is 11.6 Å². The summed E-state index contributed by atoms with van der Waals surface area (Å²) >= 11 is 5.97. The second kappa shape index (κ2) is 6.84. The van der Waals surface area contributed by atoms with Gasteiger partial charge >= 0.3 is 0 Å². The average molecular weight is 341 g/mol. The number of halogens is 1. The van der Waals surface area contributed by atoms with E-state index in [0.717, 1.165) is 22.4 Å². The van der Waals surface area contributed by atoms with Gasteiger partial charge in [-0.05, 0) is 43.7 Å². The van der Waals surface area contributed by atoms with Crippen molar-refractivity contribution in [1.29, 1.82) is 0 Å². The molecule has 0 unspecified atom stereocenters. The third kappa shape index (κ3) is 3.46. The molecule has 0 aliphatic heterocycles. The third-order valence-corrected chi connectivity index (χ3v) is 3.97. The van der Waals surface area contributed by atoms with Gasteiger partial charge in [0.2, 0.25) is 0 Å².